The van der Waals surface area contributed by atoms with E-state index < -0.39 is 0 Å². The summed E-state index contributed by atoms with van der Waals surface area (Å²) in [5, 5.41) is 0. The van der Waals surface area contributed by atoms with Gasteiger partial charge in [0.25, 0.3) is 0 Å². The molecule has 0 rings (SSSR count). The number of hydrogen-bond donors (Lipinski definition) is 0. The van der Waals surface area contributed by atoms with Crippen LogP contribution in [0.15, 0.2) is 24.3 Å². The van der Waals surface area contributed by atoms with E-state index in [9.17, 15) is 0 Å². The summed E-state index contributed by atoms with van der Waals surface area (Å²) in [4.78, 5) is 0. The smallest absolute Gasteiger partial charge is 0.0348 e. The minimum atomic E-state index is 1.23. The maximum atomic E-state index is 2.28. The van der Waals surface area contributed by atoms with Crippen LogP contribution in [0.1, 0.15) is 58.8 Å². The Hall–Kier alpha value is -0.520. The quantitative estimate of drug-likeness (QED) is 0.369. The molecule has 0 aliphatic carbocycles. The van der Waals surface area contributed by atoms with Crippen LogP contribution in [0, 0.1) is 0 Å². The van der Waals surface area contributed by atoms with E-state index in [1.165, 1.54) is 44.9 Å². The van der Waals surface area contributed by atoms with Gasteiger partial charge in [0.05, 0.1) is 0 Å². The lowest BCUT2D eigenvalue weighted by molar-refractivity contribution is 0.729. The molecule has 0 amide bonds. The van der Waals surface area contributed by atoms with Crippen molar-refractivity contribution in [3.05, 3.63) is 24.3 Å². The minimum Gasteiger partial charge on any atom is -0.0845 e. The molecule has 0 nitrogen and oxygen atoms in total. The van der Waals surface area contributed by atoms with Crippen LogP contribution < -0.4 is 0 Å². The van der Waals surface area contributed by atoms with Crippen molar-refractivity contribution in [1.82, 2.24) is 0 Å². The molecule has 0 aliphatic rings. The predicted octanol–water partition coefficient (Wildman–Crippen LogP) is 4.87. The number of hydrogen-bond acceptors (Lipinski definition) is 0. The summed E-state index contributed by atoms with van der Waals surface area (Å²) >= 11 is 0. The third-order valence-corrected chi connectivity index (χ3v) is 2.08. The second-order valence-corrected chi connectivity index (χ2v) is 3.49. The molecular weight excluding hydrogens is 156 g/mol. The zero-order chi connectivity index (χ0) is 9.78. The van der Waals surface area contributed by atoms with Gasteiger partial charge in [0.2, 0.25) is 0 Å². The van der Waals surface area contributed by atoms with Crippen LogP contribution in [0.2, 0.25) is 0 Å². The zero-order valence-electron chi connectivity index (χ0n) is 9.26. The van der Waals surface area contributed by atoms with E-state index in [0.717, 1.165) is 0 Å². The second-order valence-electron chi connectivity index (χ2n) is 3.49. The highest BCUT2D eigenvalue weighted by Crippen LogP contribution is 2.00. The van der Waals surface area contributed by atoms with Gasteiger partial charge in [-0.15, -0.1) is 0 Å². The molecule has 13 heavy (non-hydrogen) atoms. The minimum absolute atomic E-state index is 1.23. The van der Waals surface area contributed by atoms with Gasteiger partial charge in [0, 0.05) is 0 Å². The largest absolute Gasteiger partial charge is 0.0845 e. The van der Waals surface area contributed by atoms with E-state index in [-0.39, 0.29) is 0 Å². The summed E-state index contributed by atoms with van der Waals surface area (Å²) in [6, 6.07) is 0. The highest BCUT2D eigenvalue weighted by molar-refractivity contribution is 5.02. The molecule has 0 bridgehead atoms. The molecule has 0 N–H and O–H groups in total. The van der Waals surface area contributed by atoms with Gasteiger partial charge < -0.3 is 0 Å². The Kier molecular flexibility index (Phi) is 11.0. The first kappa shape index (κ1) is 12.5. The van der Waals surface area contributed by atoms with Gasteiger partial charge in [0.15, 0.2) is 0 Å². The average molecular weight is 180 g/mol. The highest BCUT2D eigenvalue weighted by atomic mass is 13.9. The molecule has 0 heteroatoms. The summed E-state index contributed by atoms with van der Waals surface area (Å²) in [7, 11) is 0. The molecule has 0 atom stereocenters. The van der Waals surface area contributed by atoms with E-state index in [0.29, 0.717) is 0 Å². The molecule has 0 spiro atoms. The molecule has 0 fully saturated rings. The summed E-state index contributed by atoms with van der Waals surface area (Å²) < 4.78 is 0. The van der Waals surface area contributed by atoms with Crippen molar-refractivity contribution in [2.45, 2.75) is 58.8 Å². The highest BCUT2D eigenvalue weighted by Gasteiger charge is 1.80. The number of rotatable bonds is 8. The Morgan fingerprint density at radius 1 is 0.692 bits per heavy atom. The van der Waals surface area contributed by atoms with E-state index in [1.807, 2.05) is 0 Å². The van der Waals surface area contributed by atoms with Crippen molar-refractivity contribution >= 4 is 0 Å². The molecule has 0 radical (unpaired) electrons. The average Bonchev–Trinajstić information content (AvgIpc) is 2.16. The van der Waals surface area contributed by atoms with Crippen LogP contribution in [0.3, 0.4) is 0 Å². The summed E-state index contributed by atoms with van der Waals surface area (Å²) in [5.41, 5.74) is 0. The zero-order valence-corrected chi connectivity index (χ0v) is 9.26. The SMILES string of the molecule is CCCC/C=C\C=C/CCCCC. The second kappa shape index (κ2) is 11.5. The molecule has 0 unspecified atom stereocenters. The fourth-order valence-electron chi connectivity index (χ4n) is 1.18. The van der Waals surface area contributed by atoms with Crippen molar-refractivity contribution in [2.75, 3.05) is 0 Å². The van der Waals surface area contributed by atoms with Crippen LogP contribution in [-0.2, 0) is 0 Å². The van der Waals surface area contributed by atoms with E-state index in [1.54, 1.807) is 0 Å². The van der Waals surface area contributed by atoms with Gasteiger partial charge >= 0.3 is 0 Å². The van der Waals surface area contributed by atoms with Crippen LogP contribution in [0.25, 0.3) is 0 Å². The maximum absolute atomic E-state index is 2.28. The molecule has 76 valence electrons. The Bertz CT molecular complexity index is 131. The first-order chi connectivity index (χ1) is 6.41. The van der Waals surface area contributed by atoms with Crippen molar-refractivity contribution in [3.8, 4) is 0 Å². The molecule has 0 saturated carbocycles. The van der Waals surface area contributed by atoms with Gasteiger partial charge in [-0.2, -0.15) is 0 Å². The Morgan fingerprint density at radius 3 is 1.77 bits per heavy atom. The molecule has 0 aromatic heterocycles. The lowest BCUT2D eigenvalue weighted by Crippen LogP contribution is -1.70. The number of unbranched alkanes of at least 4 members (excludes halogenated alkanes) is 5. The maximum Gasteiger partial charge on any atom is -0.0348 e. The topological polar surface area (TPSA) is 0 Å². The summed E-state index contributed by atoms with van der Waals surface area (Å²) in [6.45, 7) is 4.47. The van der Waals surface area contributed by atoms with Crippen LogP contribution in [0.5, 0.6) is 0 Å². The van der Waals surface area contributed by atoms with Gasteiger partial charge in [-0.1, -0.05) is 63.8 Å². The first-order valence-corrected chi connectivity index (χ1v) is 5.73. The third kappa shape index (κ3) is 11.5. The molecule has 0 aromatic rings. The monoisotopic (exact) mass is 180 g/mol. The fourth-order valence-corrected chi connectivity index (χ4v) is 1.18. The summed E-state index contributed by atoms with van der Waals surface area (Å²) in [5.74, 6) is 0. The van der Waals surface area contributed by atoms with E-state index >= 15 is 0 Å². The van der Waals surface area contributed by atoms with Crippen LogP contribution >= 0.6 is 0 Å². The first-order valence-electron chi connectivity index (χ1n) is 5.73. The Balaban J connectivity index is 3.15. The standard InChI is InChI=1S/C13H24/c1-3-5-7-9-11-13-12-10-8-6-4-2/h9,11-13H,3-8,10H2,1-2H3/b11-9-,13-12-. The lowest BCUT2D eigenvalue weighted by atomic mass is 10.2. The van der Waals surface area contributed by atoms with Crippen LogP contribution in [0.4, 0.5) is 0 Å². The van der Waals surface area contributed by atoms with E-state index in [4.69, 9.17) is 0 Å². The normalized spacial score (nSPS) is 11.8. The molecule has 0 aromatic carbocycles. The Morgan fingerprint density at radius 2 is 1.23 bits per heavy atom. The molecule has 0 saturated heterocycles. The number of allylic oxidation sites excluding steroid dienone is 4. The van der Waals surface area contributed by atoms with Crippen LogP contribution in [-0.4, -0.2) is 0 Å². The Labute approximate surface area is 83.7 Å². The third-order valence-electron chi connectivity index (χ3n) is 2.08. The lowest BCUT2D eigenvalue weighted by Gasteiger charge is -1.90. The summed E-state index contributed by atoms with van der Waals surface area (Å²) in [6.07, 6.45) is 18.0. The molecule has 0 heterocycles. The van der Waals surface area contributed by atoms with Crippen molar-refractivity contribution in [1.29, 1.82) is 0 Å². The van der Waals surface area contributed by atoms with Gasteiger partial charge in [0.1, 0.15) is 0 Å². The van der Waals surface area contributed by atoms with Gasteiger partial charge in [-0.3, -0.25) is 0 Å². The van der Waals surface area contributed by atoms with E-state index in [2.05, 4.69) is 38.2 Å². The molecule has 0 aliphatic heterocycles. The van der Waals surface area contributed by atoms with Crippen molar-refractivity contribution in [3.63, 3.8) is 0 Å². The van der Waals surface area contributed by atoms with Gasteiger partial charge in [-0.25, -0.2) is 0 Å². The van der Waals surface area contributed by atoms with Crippen molar-refractivity contribution < 1.29 is 0 Å². The molecular formula is C13H24. The van der Waals surface area contributed by atoms with Gasteiger partial charge in [-0.05, 0) is 19.3 Å². The predicted molar refractivity (Wildman–Crippen MR) is 61.9 cm³/mol. The fraction of sp³-hybridized carbons (Fsp3) is 0.692. The van der Waals surface area contributed by atoms with Crippen molar-refractivity contribution in [2.24, 2.45) is 0 Å².